The molecule has 2 aromatic heterocycles. The summed E-state index contributed by atoms with van der Waals surface area (Å²) in [4.78, 5) is 41.0. The molecule has 208 valence electrons. The van der Waals surface area contributed by atoms with Crippen LogP contribution < -0.4 is 5.63 Å². The van der Waals surface area contributed by atoms with Crippen molar-refractivity contribution in [2.45, 2.75) is 13.8 Å². The molecule has 3 aromatic carbocycles. The molecule has 0 atom stereocenters. The molecule has 0 aliphatic rings. The van der Waals surface area contributed by atoms with E-state index in [1.54, 1.807) is 91.2 Å². The van der Waals surface area contributed by atoms with Crippen LogP contribution in [0.15, 0.2) is 91.0 Å². The molecule has 5 aromatic rings. The quantitative estimate of drug-likeness (QED) is 0.140. The van der Waals surface area contributed by atoms with Crippen LogP contribution in [-0.4, -0.2) is 34.8 Å². The Hall–Kier alpha value is -4.15. The zero-order valence-corrected chi connectivity index (χ0v) is 25.1. The number of rotatable bonds is 7. The van der Waals surface area contributed by atoms with Gasteiger partial charge in [-0.2, -0.15) is 0 Å². The first-order chi connectivity index (χ1) is 19.8. The van der Waals surface area contributed by atoms with E-state index in [0.29, 0.717) is 11.3 Å². The fourth-order valence-electron chi connectivity index (χ4n) is 4.69. The van der Waals surface area contributed by atoms with E-state index in [9.17, 15) is 19.5 Å². The monoisotopic (exact) mass is 679 g/mol. The maximum absolute atomic E-state index is 13.7. The number of carbonyl (C=O) groups excluding carboxylic acids is 2. The van der Waals surface area contributed by atoms with Crippen LogP contribution in [0.5, 0.6) is 5.75 Å². The third kappa shape index (κ3) is 5.20. The van der Waals surface area contributed by atoms with Crippen molar-refractivity contribution in [3.8, 4) is 33.8 Å². The Morgan fingerprint density at radius 2 is 1.41 bits per heavy atom. The third-order valence-electron chi connectivity index (χ3n) is 6.36. The molecule has 8 nitrogen and oxygen atoms in total. The smallest absolute Gasteiger partial charge is 0.356 e. The number of hydrogen-bond acceptors (Lipinski definition) is 7. The standard InChI is InChI=1S/C31H23Br2NO7/c1-3-39-29(36)24-23(25-28(35)21-7-5-6-8-22(21)41-30(25)37)26(17-9-11-18(32)12-10-17)34(27(24)31(38)40-4-2)20-15-13-19(33)14-16-20/h5-16,35H,3-4H2,1-2H3. The predicted octanol–water partition coefficient (Wildman–Crippen LogP) is 7.50. The first kappa shape index (κ1) is 28.4. The number of aromatic nitrogens is 1. The van der Waals surface area contributed by atoms with Crippen molar-refractivity contribution < 1.29 is 28.6 Å². The first-order valence-electron chi connectivity index (χ1n) is 12.7. The lowest BCUT2D eigenvalue weighted by atomic mass is 9.96. The molecule has 0 amide bonds. The van der Waals surface area contributed by atoms with Gasteiger partial charge in [-0.15, -0.1) is 0 Å². The summed E-state index contributed by atoms with van der Waals surface area (Å²) in [6, 6.07) is 20.7. The molecule has 0 spiro atoms. The van der Waals surface area contributed by atoms with E-state index in [2.05, 4.69) is 31.9 Å². The van der Waals surface area contributed by atoms with Gasteiger partial charge >= 0.3 is 17.6 Å². The highest BCUT2D eigenvalue weighted by molar-refractivity contribution is 9.10. The summed E-state index contributed by atoms with van der Waals surface area (Å²) in [7, 11) is 0. The Labute approximate surface area is 251 Å². The molecule has 10 heteroatoms. The Balaban J connectivity index is 2.05. The van der Waals surface area contributed by atoms with Gasteiger partial charge in [-0.1, -0.05) is 56.1 Å². The van der Waals surface area contributed by atoms with Gasteiger partial charge in [-0.25, -0.2) is 14.4 Å². The summed E-state index contributed by atoms with van der Waals surface area (Å²) < 4.78 is 19.6. The van der Waals surface area contributed by atoms with Gasteiger partial charge in [0, 0.05) is 20.2 Å². The Morgan fingerprint density at radius 3 is 2.05 bits per heavy atom. The summed E-state index contributed by atoms with van der Waals surface area (Å²) in [6.07, 6.45) is 0. The van der Waals surface area contributed by atoms with Crippen molar-refractivity contribution in [2.75, 3.05) is 13.2 Å². The number of ether oxygens (including phenoxy) is 2. The van der Waals surface area contributed by atoms with Gasteiger partial charge in [0.1, 0.15) is 28.2 Å². The molecule has 41 heavy (non-hydrogen) atoms. The number of benzene rings is 3. The summed E-state index contributed by atoms with van der Waals surface area (Å²) in [5.41, 5.74) is -0.108. The third-order valence-corrected chi connectivity index (χ3v) is 7.41. The highest BCUT2D eigenvalue weighted by Crippen LogP contribution is 2.45. The van der Waals surface area contributed by atoms with E-state index in [-0.39, 0.29) is 52.3 Å². The molecule has 0 bridgehead atoms. The number of hydrogen-bond donors (Lipinski definition) is 1. The molecule has 0 aliphatic heterocycles. The van der Waals surface area contributed by atoms with Gasteiger partial charge in [-0.3, -0.25) is 0 Å². The lowest BCUT2D eigenvalue weighted by molar-refractivity contribution is 0.0473. The average molecular weight is 681 g/mol. The maximum atomic E-state index is 13.7. The summed E-state index contributed by atoms with van der Waals surface area (Å²) in [5.74, 6) is -2.08. The second-order valence-electron chi connectivity index (χ2n) is 8.82. The summed E-state index contributed by atoms with van der Waals surface area (Å²) >= 11 is 6.88. The lowest BCUT2D eigenvalue weighted by Gasteiger charge is -2.15. The number of esters is 2. The van der Waals surface area contributed by atoms with Gasteiger partial charge in [0.2, 0.25) is 0 Å². The van der Waals surface area contributed by atoms with Crippen molar-refractivity contribution in [1.82, 2.24) is 4.57 Å². The van der Waals surface area contributed by atoms with Crippen LogP contribution in [0.25, 0.3) is 39.0 Å². The predicted molar refractivity (Wildman–Crippen MR) is 162 cm³/mol. The SMILES string of the molecule is CCOC(=O)c1c(-c2c(O)c3ccccc3oc2=O)c(-c2ccc(Br)cc2)n(-c2ccc(Br)cc2)c1C(=O)OCC. The number of halogens is 2. The van der Waals surface area contributed by atoms with Crippen LogP contribution >= 0.6 is 31.9 Å². The van der Waals surface area contributed by atoms with Crippen molar-refractivity contribution in [2.24, 2.45) is 0 Å². The number of carbonyl (C=O) groups is 2. The van der Waals surface area contributed by atoms with E-state index in [0.717, 1.165) is 8.95 Å². The largest absolute Gasteiger partial charge is 0.506 e. The van der Waals surface area contributed by atoms with Crippen molar-refractivity contribution >= 4 is 54.8 Å². The molecule has 2 heterocycles. The molecule has 0 radical (unpaired) electrons. The molecular formula is C31H23Br2NO7. The highest BCUT2D eigenvalue weighted by atomic mass is 79.9. The fraction of sp³-hybridized carbons (Fsp3) is 0.129. The fourth-order valence-corrected chi connectivity index (χ4v) is 5.22. The van der Waals surface area contributed by atoms with Crippen LogP contribution in [-0.2, 0) is 9.47 Å². The maximum Gasteiger partial charge on any atom is 0.356 e. The van der Waals surface area contributed by atoms with Crippen molar-refractivity contribution in [1.29, 1.82) is 0 Å². The van der Waals surface area contributed by atoms with E-state index in [4.69, 9.17) is 13.9 Å². The first-order valence-corrected chi connectivity index (χ1v) is 14.2. The number of nitrogens with zero attached hydrogens (tertiary/aromatic N) is 1. The van der Waals surface area contributed by atoms with Crippen LogP contribution in [0, 0.1) is 0 Å². The Morgan fingerprint density at radius 1 is 0.829 bits per heavy atom. The van der Waals surface area contributed by atoms with Gasteiger partial charge in [0.05, 0.1) is 24.3 Å². The molecule has 1 N–H and O–H groups in total. The minimum absolute atomic E-state index is 0.00404. The van der Waals surface area contributed by atoms with Crippen molar-refractivity contribution in [3.05, 3.63) is 103 Å². The van der Waals surface area contributed by atoms with Gasteiger partial charge in [0.25, 0.3) is 0 Å². The number of fused-ring (bicyclic) bond motifs is 1. The van der Waals surface area contributed by atoms with Crippen LogP contribution in [0.1, 0.15) is 34.7 Å². The molecular weight excluding hydrogens is 658 g/mol. The van der Waals surface area contributed by atoms with Gasteiger partial charge < -0.3 is 23.6 Å². The van der Waals surface area contributed by atoms with Gasteiger partial charge in [-0.05, 0) is 67.9 Å². The molecule has 0 saturated carbocycles. The highest BCUT2D eigenvalue weighted by Gasteiger charge is 2.37. The number of para-hydroxylation sites is 1. The molecule has 0 unspecified atom stereocenters. The minimum Gasteiger partial charge on any atom is -0.506 e. The zero-order valence-electron chi connectivity index (χ0n) is 21.9. The van der Waals surface area contributed by atoms with Gasteiger partial charge in [0.15, 0.2) is 0 Å². The molecule has 5 rings (SSSR count). The van der Waals surface area contributed by atoms with Crippen LogP contribution in [0.2, 0.25) is 0 Å². The Kier molecular flexibility index (Phi) is 8.14. The molecule has 0 fully saturated rings. The average Bonchev–Trinajstić information content (AvgIpc) is 3.30. The van der Waals surface area contributed by atoms with E-state index in [1.165, 1.54) is 0 Å². The minimum atomic E-state index is -0.895. The van der Waals surface area contributed by atoms with Crippen LogP contribution in [0.3, 0.4) is 0 Å². The molecule has 0 saturated heterocycles. The Bertz CT molecular complexity index is 1840. The van der Waals surface area contributed by atoms with E-state index < -0.39 is 23.3 Å². The normalized spacial score (nSPS) is 11.0. The van der Waals surface area contributed by atoms with Crippen LogP contribution in [0.4, 0.5) is 0 Å². The second-order valence-corrected chi connectivity index (χ2v) is 10.6. The summed E-state index contributed by atoms with van der Waals surface area (Å²) in [5, 5.41) is 11.8. The van der Waals surface area contributed by atoms with Crippen molar-refractivity contribution in [3.63, 3.8) is 0 Å². The molecule has 0 aliphatic carbocycles. The summed E-state index contributed by atoms with van der Waals surface area (Å²) in [6.45, 7) is 3.30. The lowest BCUT2D eigenvalue weighted by Crippen LogP contribution is -2.17. The number of aromatic hydroxyl groups is 1. The second kappa shape index (κ2) is 11.8. The van der Waals surface area contributed by atoms with E-state index >= 15 is 0 Å². The van der Waals surface area contributed by atoms with E-state index in [1.807, 2.05) is 0 Å². The zero-order chi connectivity index (χ0) is 29.3. The topological polar surface area (TPSA) is 108 Å².